The van der Waals surface area contributed by atoms with Crippen LogP contribution in [0, 0.1) is 0 Å². The summed E-state index contributed by atoms with van der Waals surface area (Å²) >= 11 is 0. The van der Waals surface area contributed by atoms with Crippen molar-refractivity contribution < 1.29 is 27.9 Å². The van der Waals surface area contributed by atoms with Crippen molar-refractivity contribution in [1.82, 2.24) is 9.29 Å². The second kappa shape index (κ2) is 9.00. The molecule has 2 heterocycles. The van der Waals surface area contributed by atoms with E-state index in [1.807, 2.05) is 0 Å². The maximum absolute atomic E-state index is 13.5. The number of amides is 1. The van der Waals surface area contributed by atoms with Crippen LogP contribution in [0.3, 0.4) is 0 Å². The summed E-state index contributed by atoms with van der Waals surface area (Å²) in [7, 11) is -2.75. The molecule has 0 aliphatic carbocycles. The summed E-state index contributed by atoms with van der Waals surface area (Å²) in [5, 5.41) is 10.00. The largest absolute Gasteiger partial charge is 0.497 e. The lowest BCUT2D eigenvalue weighted by Crippen LogP contribution is -2.50. The Hall–Kier alpha value is -3.76. The predicted octanol–water partition coefficient (Wildman–Crippen LogP) is 2.39. The van der Waals surface area contributed by atoms with E-state index in [4.69, 9.17) is 4.74 Å². The average Bonchev–Trinajstić information content (AvgIpc) is 3.02. The van der Waals surface area contributed by atoms with Crippen molar-refractivity contribution in [3.63, 3.8) is 0 Å². The zero-order valence-electron chi connectivity index (χ0n) is 17.7. The molecule has 0 fully saturated rings. The number of carbonyl (C=O) groups excluding carboxylic acids is 1. The number of aromatic nitrogens is 1. The molecule has 1 aromatic heterocycles. The minimum absolute atomic E-state index is 0.0703. The number of aliphatic carboxylic acids is 1. The van der Waals surface area contributed by atoms with Crippen LogP contribution in [0.5, 0.6) is 5.75 Å². The van der Waals surface area contributed by atoms with Gasteiger partial charge in [0.1, 0.15) is 11.8 Å². The topological polar surface area (TPSA) is 117 Å². The van der Waals surface area contributed by atoms with Gasteiger partial charge in [0.15, 0.2) is 0 Å². The van der Waals surface area contributed by atoms with Crippen LogP contribution in [0.2, 0.25) is 0 Å². The minimum atomic E-state index is -4.21. The number of fused-ring (bicyclic) bond motifs is 1. The maximum atomic E-state index is 13.5. The standard InChI is InChI=1S/C23H21N3O6S/c1-32-18-8-10-19(11-9-18)33(30,31)26-14-17-5-2-3-7-20(17)25(15-21(26)23(28)29)22(27)16-6-4-12-24-13-16/h2-13,21H,14-15H2,1H3,(H,28,29). The van der Waals surface area contributed by atoms with Crippen LogP contribution in [0.25, 0.3) is 0 Å². The first kappa shape index (κ1) is 22.4. The van der Waals surface area contributed by atoms with Crippen LogP contribution >= 0.6 is 0 Å². The van der Waals surface area contributed by atoms with Gasteiger partial charge in [-0.3, -0.25) is 14.6 Å². The Balaban J connectivity index is 1.81. The number of anilines is 1. The number of sulfonamides is 1. The van der Waals surface area contributed by atoms with Crippen molar-refractivity contribution in [2.24, 2.45) is 0 Å². The molecule has 4 rings (SSSR count). The third kappa shape index (κ3) is 4.30. The predicted molar refractivity (Wildman–Crippen MR) is 120 cm³/mol. The molecule has 10 heteroatoms. The number of para-hydroxylation sites is 1. The summed E-state index contributed by atoms with van der Waals surface area (Å²) in [6, 6.07) is 14.2. The molecule has 170 valence electrons. The summed E-state index contributed by atoms with van der Waals surface area (Å²) in [4.78, 5) is 30.8. The lowest BCUT2D eigenvalue weighted by molar-refractivity contribution is -0.141. The molecular formula is C23H21N3O6S. The van der Waals surface area contributed by atoms with Gasteiger partial charge >= 0.3 is 5.97 Å². The highest BCUT2D eigenvalue weighted by atomic mass is 32.2. The zero-order chi connectivity index (χ0) is 23.6. The summed E-state index contributed by atoms with van der Waals surface area (Å²) < 4.78 is 33.0. The Labute approximate surface area is 190 Å². The van der Waals surface area contributed by atoms with Crippen LogP contribution in [0.15, 0.2) is 78.0 Å². The van der Waals surface area contributed by atoms with E-state index in [1.54, 1.807) is 36.4 Å². The van der Waals surface area contributed by atoms with Gasteiger partial charge < -0.3 is 14.7 Å². The van der Waals surface area contributed by atoms with Crippen molar-refractivity contribution in [2.45, 2.75) is 17.5 Å². The van der Waals surface area contributed by atoms with Gasteiger partial charge in [-0.25, -0.2) is 8.42 Å². The van der Waals surface area contributed by atoms with E-state index in [-0.39, 0.29) is 23.5 Å². The van der Waals surface area contributed by atoms with E-state index in [0.29, 0.717) is 17.0 Å². The number of carboxylic acids is 1. The molecule has 0 spiro atoms. The van der Waals surface area contributed by atoms with Gasteiger partial charge in [-0.15, -0.1) is 0 Å². The Morgan fingerprint density at radius 1 is 1.06 bits per heavy atom. The molecule has 1 aliphatic heterocycles. The molecule has 3 aromatic rings. The molecule has 1 aliphatic rings. The van der Waals surface area contributed by atoms with Gasteiger partial charge in [0.25, 0.3) is 5.91 Å². The number of rotatable bonds is 5. The highest BCUT2D eigenvalue weighted by Gasteiger charge is 2.41. The van der Waals surface area contributed by atoms with Crippen LogP contribution < -0.4 is 9.64 Å². The monoisotopic (exact) mass is 467 g/mol. The number of hydrogen-bond donors (Lipinski definition) is 1. The number of pyridine rings is 1. The quantitative estimate of drug-likeness (QED) is 0.612. The SMILES string of the molecule is COc1ccc(S(=O)(=O)N2Cc3ccccc3N(C(=O)c3cccnc3)CC2C(=O)O)cc1. The fraction of sp³-hybridized carbons (Fsp3) is 0.174. The molecule has 0 saturated carbocycles. The molecule has 0 saturated heterocycles. The van der Waals surface area contributed by atoms with Crippen molar-refractivity contribution in [1.29, 1.82) is 0 Å². The molecule has 9 nitrogen and oxygen atoms in total. The van der Waals surface area contributed by atoms with Crippen molar-refractivity contribution in [3.05, 3.63) is 84.2 Å². The summed E-state index contributed by atoms with van der Waals surface area (Å²) in [5.74, 6) is -1.35. The summed E-state index contributed by atoms with van der Waals surface area (Å²) in [6.07, 6.45) is 2.91. The van der Waals surface area contributed by atoms with Gasteiger partial charge in [-0.05, 0) is 48.0 Å². The Morgan fingerprint density at radius 3 is 2.42 bits per heavy atom. The van der Waals surface area contributed by atoms with E-state index in [1.165, 1.54) is 48.7 Å². The highest BCUT2D eigenvalue weighted by molar-refractivity contribution is 7.89. The lowest BCUT2D eigenvalue weighted by Gasteiger charge is -2.28. The first-order valence-electron chi connectivity index (χ1n) is 10.0. The molecular weight excluding hydrogens is 446 g/mol. The van der Waals surface area contributed by atoms with Crippen LogP contribution in [-0.4, -0.2) is 54.4 Å². The van der Waals surface area contributed by atoms with Crippen LogP contribution in [-0.2, 0) is 21.4 Å². The second-order valence-corrected chi connectivity index (χ2v) is 9.26. The minimum Gasteiger partial charge on any atom is -0.497 e. The fourth-order valence-corrected chi connectivity index (χ4v) is 5.27. The average molecular weight is 468 g/mol. The van der Waals surface area contributed by atoms with Crippen molar-refractivity contribution in [3.8, 4) is 5.75 Å². The molecule has 2 aromatic carbocycles. The maximum Gasteiger partial charge on any atom is 0.323 e. The Bertz CT molecular complexity index is 1280. The number of methoxy groups -OCH3 is 1. The number of carboxylic acid groups (broad SMARTS) is 1. The molecule has 1 N–H and O–H groups in total. The lowest BCUT2D eigenvalue weighted by atomic mass is 10.1. The number of carbonyl (C=O) groups is 2. The van der Waals surface area contributed by atoms with E-state index < -0.39 is 27.9 Å². The van der Waals surface area contributed by atoms with E-state index in [2.05, 4.69) is 4.98 Å². The van der Waals surface area contributed by atoms with E-state index in [0.717, 1.165) is 4.31 Å². The molecule has 1 unspecified atom stereocenters. The normalized spacial score (nSPS) is 16.5. The molecule has 0 bridgehead atoms. The second-order valence-electron chi connectivity index (χ2n) is 7.37. The van der Waals surface area contributed by atoms with Gasteiger partial charge in [-0.2, -0.15) is 4.31 Å². The highest BCUT2D eigenvalue weighted by Crippen LogP contribution is 2.32. The number of benzene rings is 2. The van der Waals surface area contributed by atoms with E-state index in [9.17, 15) is 23.1 Å². The van der Waals surface area contributed by atoms with Gasteiger partial charge in [0.2, 0.25) is 10.0 Å². The van der Waals surface area contributed by atoms with Crippen molar-refractivity contribution in [2.75, 3.05) is 18.6 Å². The molecule has 1 atom stereocenters. The van der Waals surface area contributed by atoms with Crippen LogP contribution in [0.4, 0.5) is 5.69 Å². The zero-order valence-corrected chi connectivity index (χ0v) is 18.5. The van der Waals surface area contributed by atoms with Gasteiger partial charge in [-0.1, -0.05) is 18.2 Å². The molecule has 33 heavy (non-hydrogen) atoms. The van der Waals surface area contributed by atoms with Gasteiger partial charge in [0.05, 0.1) is 24.1 Å². The first-order chi connectivity index (χ1) is 15.8. The fourth-order valence-electron chi connectivity index (χ4n) is 3.72. The Morgan fingerprint density at radius 2 is 1.79 bits per heavy atom. The first-order valence-corrected chi connectivity index (χ1v) is 11.5. The number of nitrogens with zero attached hydrogens (tertiary/aromatic N) is 3. The summed E-state index contributed by atoms with van der Waals surface area (Å²) in [5.41, 5.74) is 1.23. The molecule has 0 radical (unpaired) electrons. The summed E-state index contributed by atoms with van der Waals surface area (Å²) in [6.45, 7) is -0.576. The number of ether oxygens (including phenoxy) is 1. The smallest absolute Gasteiger partial charge is 0.323 e. The number of hydrogen-bond acceptors (Lipinski definition) is 6. The Kier molecular flexibility index (Phi) is 6.12. The van der Waals surface area contributed by atoms with Crippen molar-refractivity contribution >= 4 is 27.6 Å². The third-order valence-electron chi connectivity index (χ3n) is 5.42. The molecule has 1 amide bonds. The van der Waals surface area contributed by atoms with E-state index >= 15 is 0 Å². The van der Waals surface area contributed by atoms with Crippen LogP contribution in [0.1, 0.15) is 15.9 Å². The van der Waals surface area contributed by atoms with Gasteiger partial charge in [0, 0.05) is 24.6 Å². The third-order valence-corrected chi connectivity index (χ3v) is 7.29.